The predicted molar refractivity (Wildman–Crippen MR) is 150 cm³/mol. The molecule has 1 aromatic heterocycles. The Morgan fingerprint density at radius 3 is 2.44 bits per heavy atom. The molecule has 6 rings (SSSR count). The van der Waals surface area contributed by atoms with Crippen LogP contribution in [0.3, 0.4) is 0 Å². The first-order valence-corrected chi connectivity index (χ1v) is 13.4. The Labute approximate surface area is 242 Å². The van der Waals surface area contributed by atoms with E-state index in [0.29, 0.717) is 29.4 Å². The zero-order valence-corrected chi connectivity index (χ0v) is 22.5. The molecule has 2 heterocycles. The molecule has 1 aliphatic carbocycles. The van der Waals surface area contributed by atoms with Gasteiger partial charge in [0, 0.05) is 40.5 Å². The van der Waals surface area contributed by atoms with E-state index < -0.39 is 46.6 Å². The highest BCUT2D eigenvalue weighted by Gasteiger charge is 2.59. The summed E-state index contributed by atoms with van der Waals surface area (Å²) in [7, 11) is 0. The number of nitrogens with one attached hydrogen (secondary N) is 2. The van der Waals surface area contributed by atoms with Crippen LogP contribution in [0.1, 0.15) is 47.2 Å². The van der Waals surface area contributed by atoms with Crippen LogP contribution < -0.4 is 15.1 Å². The monoisotopic (exact) mass is 589 g/mol. The number of benzene rings is 3. The molecule has 8 nitrogen and oxygen atoms in total. The highest BCUT2D eigenvalue weighted by atomic mass is 19.4. The van der Waals surface area contributed by atoms with Crippen molar-refractivity contribution in [2.24, 2.45) is 0 Å². The van der Waals surface area contributed by atoms with E-state index >= 15 is 4.39 Å². The zero-order valence-electron chi connectivity index (χ0n) is 22.5. The van der Waals surface area contributed by atoms with Gasteiger partial charge in [-0.15, -0.1) is 0 Å². The first-order chi connectivity index (χ1) is 20.5. The highest BCUT2D eigenvalue weighted by Crippen LogP contribution is 2.47. The Morgan fingerprint density at radius 2 is 1.74 bits per heavy atom. The number of aromatic nitrogens is 1. The molecule has 43 heavy (non-hydrogen) atoms. The summed E-state index contributed by atoms with van der Waals surface area (Å²) in [5, 5.41) is 3.52. The van der Waals surface area contributed by atoms with Crippen LogP contribution in [0.5, 0.6) is 0 Å². The third-order valence-corrected chi connectivity index (χ3v) is 8.06. The SMILES string of the molecule is [C-]#[N+]c1ccc(N2C(=O)N(c3ccc(CNC(=O)c4ccc5[nH]ccc5c4)c(F)c3)C3(CCCC3)C2=O)cc1C(F)(F)F. The summed E-state index contributed by atoms with van der Waals surface area (Å²) in [5.74, 6) is -1.84. The highest BCUT2D eigenvalue weighted by molar-refractivity contribution is 6.30. The molecule has 1 aliphatic heterocycles. The fourth-order valence-corrected chi connectivity index (χ4v) is 5.93. The van der Waals surface area contributed by atoms with Crippen molar-refractivity contribution in [3.05, 3.63) is 101 Å². The van der Waals surface area contributed by atoms with Gasteiger partial charge in [0.2, 0.25) is 0 Å². The summed E-state index contributed by atoms with van der Waals surface area (Å²) in [6.45, 7) is 6.92. The molecule has 2 aliphatic rings. The minimum absolute atomic E-state index is 0.0714. The number of halogens is 4. The van der Waals surface area contributed by atoms with Gasteiger partial charge in [0.05, 0.1) is 17.8 Å². The van der Waals surface area contributed by atoms with E-state index in [1.54, 1.807) is 24.4 Å². The summed E-state index contributed by atoms with van der Waals surface area (Å²) >= 11 is 0. The van der Waals surface area contributed by atoms with E-state index in [1.165, 1.54) is 12.1 Å². The van der Waals surface area contributed by atoms with E-state index in [4.69, 9.17) is 6.57 Å². The van der Waals surface area contributed by atoms with Crippen LogP contribution in [-0.2, 0) is 17.5 Å². The lowest BCUT2D eigenvalue weighted by Gasteiger charge is -2.31. The Bertz CT molecular complexity index is 1840. The Kier molecular flexibility index (Phi) is 6.68. The number of aromatic amines is 1. The van der Waals surface area contributed by atoms with Gasteiger partial charge in [-0.1, -0.05) is 25.0 Å². The average molecular weight is 590 g/mol. The minimum atomic E-state index is -4.88. The van der Waals surface area contributed by atoms with Crippen LogP contribution in [-0.4, -0.2) is 28.4 Å². The molecule has 1 spiro atoms. The van der Waals surface area contributed by atoms with Crippen molar-refractivity contribution >= 4 is 45.8 Å². The number of rotatable bonds is 5. The molecule has 2 N–H and O–H groups in total. The van der Waals surface area contributed by atoms with Crippen LogP contribution in [0.4, 0.5) is 39.4 Å². The van der Waals surface area contributed by atoms with E-state index in [9.17, 15) is 27.6 Å². The number of amides is 4. The van der Waals surface area contributed by atoms with Crippen molar-refractivity contribution in [2.45, 2.75) is 43.9 Å². The number of hydrogen-bond donors (Lipinski definition) is 2. The molecule has 0 bridgehead atoms. The number of carbonyl (C=O) groups is 3. The molecule has 0 unspecified atom stereocenters. The topological polar surface area (TPSA) is 89.9 Å². The molecule has 3 aromatic carbocycles. The number of nitrogens with zero attached hydrogens (tertiary/aromatic N) is 3. The lowest BCUT2D eigenvalue weighted by atomic mass is 9.94. The van der Waals surface area contributed by atoms with E-state index in [1.807, 2.05) is 6.07 Å². The van der Waals surface area contributed by atoms with Gasteiger partial charge in [-0.25, -0.2) is 18.9 Å². The zero-order chi connectivity index (χ0) is 30.5. The summed E-state index contributed by atoms with van der Waals surface area (Å²) < 4.78 is 56.3. The quantitative estimate of drug-likeness (QED) is 0.148. The van der Waals surface area contributed by atoms with Crippen molar-refractivity contribution in [1.29, 1.82) is 0 Å². The normalized spacial score (nSPS) is 16.3. The maximum atomic E-state index is 15.4. The number of H-pyrrole nitrogens is 1. The van der Waals surface area contributed by atoms with Crippen LogP contribution in [0.15, 0.2) is 66.9 Å². The Balaban J connectivity index is 1.28. The first-order valence-electron chi connectivity index (χ1n) is 13.4. The average Bonchev–Trinajstić information content (AvgIpc) is 3.70. The number of alkyl halides is 3. The van der Waals surface area contributed by atoms with E-state index in [0.717, 1.165) is 34.0 Å². The molecule has 2 fully saturated rings. The van der Waals surface area contributed by atoms with Gasteiger partial charge in [0.1, 0.15) is 11.4 Å². The van der Waals surface area contributed by atoms with Crippen molar-refractivity contribution in [3.8, 4) is 0 Å². The largest absolute Gasteiger partial charge is 0.407 e. The molecule has 1 saturated heterocycles. The molecule has 12 heteroatoms. The van der Waals surface area contributed by atoms with Crippen molar-refractivity contribution in [1.82, 2.24) is 10.3 Å². The molecule has 0 radical (unpaired) electrons. The number of fused-ring (bicyclic) bond motifs is 1. The van der Waals surface area contributed by atoms with Gasteiger partial charge in [0.25, 0.3) is 11.8 Å². The summed E-state index contributed by atoms with van der Waals surface area (Å²) in [4.78, 5) is 48.0. The van der Waals surface area contributed by atoms with Gasteiger partial charge in [-0.05, 0) is 61.4 Å². The van der Waals surface area contributed by atoms with Gasteiger partial charge >= 0.3 is 12.2 Å². The minimum Gasteiger partial charge on any atom is -0.361 e. The predicted octanol–water partition coefficient (Wildman–Crippen LogP) is 7.09. The Hall–Kier alpha value is -5.18. The third-order valence-electron chi connectivity index (χ3n) is 8.06. The number of hydrogen-bond acceptors (Lipinski definition) is 3. The maximum Gasteiger partial charge on any atom is 0.407 e. The molecular formula is C31H23F4N5O3. The van der Waals surface area contributed by atoms with E-state index in [-0.39, 0.29) is 36.3 Å². The van der Waals surface area contributed by atoms with E-state index in [2.05, 4.69) is 15.1 Å². The van der Waals surface area contributed by atoms with Crippen LogP contribution >= 0.6 is 0 Å². The number of imide groups is 1. The Morgan fingerprint density at radius 1 is 1.00 bits per heavy atom. The fourth-order valence-electron chi connectivity index (χ4n) is 5.93. The number of carbonyl (C=O) groups excluding carboxylic acids is 3. The van der Waals surface area contributed by atoms with Crippen molar-refractivity contribution < 1.29 is 31.9 Å². The van der Waals surface area contributed by atoms with Crippen LogP contribution in [0, 0.1) is 12.4 Å². The lowest BCUT2D eigenvalue weighted by Crippen LogP contribution is -2.47. The second-order valence-corrected chi connectivity index (χ2v) is 10.5. The standard InChI is InChI=1S/C31H23F4N5O3/c1-36-26-9-7-21(15-23(26)31(33,34)35)39-28(42)30(11-2-3-12-30)40(29(39)43)22-6-4-20(24(32)16-22)17-38-27(41)19-5-8-25-18(14-19)10-13-37-25/h4-10,13-16,37H,2-3,11-12,17H2,(H,38,41). The first kappa shape index (κ1) is 28.0. The van der Waals surface area contributed by atoms with Crippen molar-refractivity contribution in [3.63, 3.8) is 0 Å². The van der Waals surface area contributed by atoms with Gasteiger partial charge in [-0.3, -0.25) is 14.5 Å². The molecule has 1 saturated carbocycles. The maximum absolute atomic E-state index is 15.4. The second-order valence-electron chi connectivity index (χ2n) is 10.5. The molecule has 4 amide bonds. The fraction of sp³-hybridized carbons (Fsp3) is 0.226. The lowest BCUT2D eigenvalue weighted by molar-refractivity contribution is -0.136. The molecule has 0 atom stereocenters. The van der Waals surface area contributed by atoms with Gasteiger partial charge in [-0.2, -0.15) is 13.2 Å². The summed E-state index contributed by atoms with van der Waals surface area (Å²) in [5.41, 5.74) is -2.14. The summed E-state index contributed by atoms with van der Waals surface area (Å²) in [6, 6.07) is 12.6. The smallest absolute Gasteiger partial charge is 0.361 e. The molecule has 218 valence electrons. The number of anilines is 2. The molecule has 4 aromatic rings. The van der Waals surface area contributed by atoms with Crippen LogP contribution in [0.25, 0.3) is 15.7 Å². The number of urea groups is 1. The summed E-state index contributed by atoms with van der Waals surface area (Å²) in [6.07, 6.45) is -1.43. The third kappa shape index (κ3) is 4.67. The van der Waals surface area contributed by atoms with Crippen LogP contribution in [0.2, 0.25) is 0 Å². The van der Waals surface area contributed by atoms with Gasteiger partial charge in [0.15, 0.2) is 5.69 Å². The van der Waals surface area contributed by atoms with Crippen molar-refractivity contribution in [2.75, 3.05) is 9.80 Å². The van der Waals surface area contributed by atoms with Gasteiger partial charge < -0.3 is 10.3 Å². The molecular weight excluding hydrogens is 566 g/mol. The second kappa shape index (κ2) is 10.3.